The first-order chi connectivity index (χ1) is 6.24. The first kappa shape index (κ1) is 9.40. The van der Waals surface area contributed by atoms with E-state index in [0.29, 0.717) is 5.56 Å². The second kappa shape index (κ2) is 4.36. The molecule has 0 amide bonds. The van der Waals surface area contributed by atoms with E-state index < -0.39 is 6.43 Å². The van der Waals surface area contributed by atoms with Crippen LogP contribution >= 0.6 is 0 Å². The Hall–Kier alpha value is -1.69. The van der Waals surface area contributed by atoms with Crippen LogP contribution in [0.4, 0.5) is 8.78 Å². The molecule has 0 spiro atoms. The molecule has 13 heavy (non-hydrogen) atoms. The molecule has 0 aliphatic carbocycles. The van der Waals surface area contributed by atoms with Crippen LogP contribution in [0.5, 0.6) is 0 Å². The van der Waals surface area contributed by atoms with Gasteiger partial charge in [-0.3, -0.25) is 0 Å². The lowest BCUT2D eigenvalue weighted by atomic mass is 10.1. The van der Waals surface area contributed by atoms with Gasteiger partial charge in [-0.2, -0.15) is 5.26 Å². The molecular weight excluding hydrogens is 172 g/mol. The molecule has 0 heterocycles. The van der Waals surface area contributed by atoms with Crippen LogP contribution in [0.25, 0.3) is 6.08 Å². The second-order valence-corrected chi connectivity index (χ2v) is 2.43. The molecule has 0 radical (unpaired) electrons. The number of alkyl halides is 2. The fourth-order valence-electron chi connectivity index (χ4n) is 0.932. The molecule has 0 fully saturated rings. The molecule has 3 heteroatoms. The smallest absolute Gasteiger partial charge is 0.205 e. The van der Waals surface area contributed by atoms with E-state index in [2.05, 4.69) is 0 Å². The molecule has 0 aromatic heterocycles. The number of hydrogen-bond acceptors (Lipinski definition) is 1. The summed E-state index contributed by atoms with van der Waals surface area (Å²) < 4.78 is 24.4. The Labute approximate surface area is 74.9 Å². The highest BCUT2D eigenvalue weighted by Crippen LogP contribution is 2.19. The number of benzene rings is 1. The largest absolute Gasteiger partial charge is 0.263 e. The molecule has 0 saturated carbocycles. The second-order valence-electron chi connectivity index (χ2n) is 2.43. The summed E-state index contributed by atoms with van der Waals surface area (Å²) in [6.07, 6.45) is 0.284. The summed E-state index contributed by atoms with van der Waals surface area (Å²) in [6, 6.07) is 7.72. The van der Waals surface area contributed by atoms with E-state index in [-0.39, 0.29) is 5.56 Å². The van der Waals surface area contributed by atoms with Gasteiger partial charge in [0.2, 0.25) is 0 Å². The van der Waals surface area contributed by atoms with Gasteiger partial charge in [0.15, 0.2) is 0 Å². The summed E-state index contributed by atoms with van der Waals surface area (Å²) in [5.41, 5.74) is 0.583. The van der Waals surface area contributed by atoms with Gasteiger partial charge in [0, 0.05) is 11.6 Å². The summed E-state index contributed by atoms with van der Waals surface area (Å²) in [5, 5.41) is 8.22. The van der Waals surface area contributed by atoms with Crippen LogP contribution in [0.15, 0.2) is 30.3 Å². The normalized spacial score (nSPS) is 10.6. The zero-order chi connectivity index (χ0) is 9.68. The Morgan fingerprint density at radius 3 is 2.77 bits per heavy atom. The van der Waals surface area contributed by atoms with Gasteiger partial charge in [-0.05, 0) is 17.7 Å². The standard InChI is InChI=1S/C10H7F2N/c11-10(12)9-5-1-3-8(7-9)4-2-6-13/h1-5,7,10H/b4-2+. The number of nitrogens with zero attached hydrogens (tertiary/aromatic N) is 1. The Kier molecular flexibility index (Phi) is 3.15. The van der Waals surface area contributed by atoms with Crippen molar-refractivity contribution >= 4 is 6.08 Å². The van der Waals surface area contributed by atoms with Gasteiger partial charge in [0.25, 0.3) is 6.43 Å². The maximum absolute atomic E-state index is 12.2. The van der Waals surface area contributed by atoms with Gasteiger partial charge in [-0.25, -0.2) is 8.78 Å². The van der Waals surface area contributed by atoms with Crippen LogP contribution in [-0.4, -0.2) is 0 Å². The number of nitriles is 1. The quantitative estimate of drug-likeness (QED) is 0.639. The predicted molar refractivity (Wildman–Crippen MR) is 46.0 cm³/mol. The van der Waals surface area contributed by atoms with Crippen LogP contribution in [0, 0.1) is 11.3 Å². The molecule has 1 aromatic rings. The predicted octanol–water partition coefficient (Wildman–Crippen LogP) is 3.16. The molecule has 0 saturated heterocycles. The minimum Gasteiger partial charge on any atom is -0.205 e. The maximum Gasteiger partial charge on any atom is 0.263 e. The van der Waals surface area contributed by atoms with Gasteiger partial charge < -0.3 is 0 Å². The van der Waals surface area contributed by atoms with Gasteiger partial charge >= 0.3 is 0 Å². The van der Waals surface area contributed by atoms with E-state index in [1.165, 1.54) is 24.3 Å². The van der Waals surface area contributed by atoms with Gasteiger partial charge in [0.1, 0.15) is 0 Å². The molecule has 1 rings (SSSR count). The molecule has 0 atom stereocenters. The molecule has 0 bridgehead atoms. The van der Waals surface area contributed by atoms with E-state index in [4.69, 9.17) is 5.26 Å². The highest BCUT2D eigenvalue weighted by molar-refractivity contribution is 5.52. The summed E-state index contributed by atoms with van der Waals surface area (Å²) in [6.45, 7) is 0. The average Bonchev–Trinajstić information content (AvgIpc) is 2.15. The molecule has 0 N–H and O–H groups in total. The topological polar surface area (TPSA) is 23.8 Å². The van der Waals surface area contributed by atoms with Crippen LogP contribution in [-0.2, 0) is 0 Å². The summed E-state index contributed by atoms with van der Waals surface area (Å²) in [7, 11) is 0. The monoisotopic (exact) mass is 179 g/mol. The van der Waals surface area contributed by atoms with Crippen LogP contribution in [0.3, 0.4) is 0 Å². The van der Waals surface area contributed by atoms with Crippen molar-refractivity contribution in [1.29, 1.82) is 5.26 Å². The average molecular weight is 179 g/mol. The summed E-state index contributed by atoms with van der Waals surface area (Å²) >= 11 is 0. The number of rotatable bonds is 2. The molecule has 0 aliphatic rings. The minimum atomic E-state index is -2.46. The molecule has 0 aliphatic heterocycles. The van der Waals surface area contributed by atoms with E-state index in [0.717, 1.165) is 0 Å². The van der Waals surface area contributed by atoms with E-state index in [9.17, 15) is 8.78 Å². The first-order valence-corrected chi connectivity index (χ1v) is 3.68. The van der Waals surface area contributed by atoms with E-state index >= 15 is 0 Å². The number of hydrogen-bond donors (Lipinski definition) is 0. The SMILES string of the molecule is N#C/C=C/c1cccc(C(F)F)c1. The lowest BCUT2D eigenvalue weighted by Gasteiger charge is -1.99. The van der Waals surface area contributed by atoms with Crippen molar-refractivity contribution in [3.8, 4) is 6.07 Å². The molecule has 1 nitrogen and oxygen atoms in total. The van der Waals surface area contributed by atoms with Gasteiger partial charge in [-0.1, -0.05) is 18.2 Å². The van der Waals surface area contributed by atoms with Crippen LogP contribution in [0.1, 0.15) is 17.6 Å². The van der Waals surface area contributed by atoms with Crippen molar-refractivity contribution in [3.05, 3.63) is 41.5 Å². The Morgan fingerprint density at radius 2 is 2.15 bits per heavy atom. The highest BCUT2D eigenvalue weighted by atomic mass is 19.3. The molecule has 0 unspecified atom stereocenters. The van der Waals surface area contributed by atoms with E-state index in [1.54, 1.807) is 18.2 Å². The minimum absolute atomic E-state index is 0.0277. The van der Waals surface area contributed by atoms with Crippen molar-refractivity contribution in [1.82, 2.24) is 0 Å². The fourth-order valence-corrected chi connectivity index (χ4v) is 0.932. The van der Waals surface area contributed by atoms with Crippen molar-refractivity contribution in [3.63, 3.8) is 0 Å². The third kappa shape index (κ3) is 2.68. The van der Waals surface area contributed by atoms with Crippen molar-refractivity contribution in [2.24, 2.45) is 0 Å². The lowest BCUT2D eigenvalue weighted by molar-refractivity contribution is 0.151. The fraction of sp³-hybridized carbons (Fsp3) is 0.100. The van der Waals surface area contributed by atoms with Crippen LogP contribution < -0.4 is 0 Å². The number of allylic oxidation sites excluding steroid dienone is 1. The zero-order valence-corrected chi connectivity index (χ0v) is 6.74. The maximum atomic E-state index is 12.2. The Morgan fingerprint density at radius 1 is 1.38 bits per heavy atom. The zero-order valence-electron chi connectivity index (χ0n) is 6.74. The van der Waals surface area contributed by atoms with Gasteiger partial charge in [-0.15, -0.1) is 0 Å². The van der Waals surface area contributed by atoms with Crippen LogP contribution in [0.2, 0.25) is 0 Å². The number of halogens is 2. The van der Waals surface area contributed by atoms with Crippen molar-refractivity contribution < 1.29 is 8.78 Å². The highest BCUT2D eigenvalue weighted by Gasteiger charge is 2.05. The van der Waals surface area contributed by atoms with Crippen molar-refractivity contribution in [2.45, 2.75) is 6.43 Å². The third-order valence-electron chi connectivity index (χ3n) is 1.51. The Balaban J connectivity index is 2.93. The summed E-state index contributed by atoms with van der Waals surface area (Å²) in [5.74, 6) is 0. The first-order valence-electron chi connectivity index (χ1n) is 3.68. The summed E-state index contributed by atoms with van der Waals surface area (Å²) in [4.78, 5) is 0. The van der Waals surface area contributed by atoms with E-state index in [1.807, 2.05) is 0 Å². The van der Waals surface area contributed by atoms with Crippen molar-refractivity contribution in [2.75, 3.05) is 0 Å². The lowest BCUT2D eigenvalue weighted by Crippen LogP contribution is -1.83. The molecular formula is C10H7F2N. The van der Waals surface area contributed by atoms with Gasteiger partial charge in [0.05, 0.1) is 6.07 Å². The molecule has 1 aromatic carbocycles. The molecule has 66 valence electrons. The Bertz CT molecular complexity index is 350. The third-order valence-corrected chi connectivity index (χ3v) is 1.51.